The van der Waals surface area contributed by atoms with Crippen molar-refractivity contribution in [1.29, 1.82) is 0 Å². The Balaban J connectivity index is 2.87. The zero-order valence-corrected chi connectivity index (χ0v) is 9.70. The number of ether oxygens (including phenoxy) is 4. The second-order valence-corrected chi connectivity index (χ2v) is 3.62. The van der Waals surface area contributed by atoms with Crippen molar-refractivity contribution in [2.24, 2.45) is 5.73 Å². The van der Waals surface area contributed by atoms with Gasteiger partial charge in [0.05, 0.1) is 0 Å². The molecule has 0 aromatic heterocycles. The van der Waals surface area contributed by atoms with Crippen molar-refractivity contribution in [2.45, 2.75) is 30.7 Å². The summed E-state index contributed by atoms with van der Waals surface area (Å²) in [6.45, 7) is 0. The maximum atomic E-state index is 5.93. The molecular formula is C9H20N2O4. The van der Waals surface area contributed by atoms with Crippen LogP contribution in [-0.2, 0) is 18.9 Å². The second kappa shape index (κ2) is 4.73. The molecule has 0 aromatic carbocycles. The number of hydrogen-bond donors (Lipinski definition) is 2. The Morgan fingerprint density at radius 2 is 1.27 bits per heavy atom. The molecule has 1 heterocycles. The summed E-state index contributed by atoms with van der Waals surface area (Å²) in [6.07, 6.45) is 1.07. The third-order valence-electron chi connectivity index (χ3n) is 2.76. The number of rotatable bonds is 4. The van der Waals surface area contributed by atoms with E-state index in [4.69, 9.17) is 24.7 Å². The van der Waals surface area contributed by atoms with Gasteiger partial charge in [0, 0.05) is 47.3 Å². The highest BCUT2D eigenvalue weighted by Crippen LogP contribution is 2.30. The van der Waals surface area contributed by atoms with E-state index in [-0.39, 0.29) is 6.04 Å². The molecule has 1 rings (SSSR count). The van der Waals surface area contributed by atoms with Crippen LogP contribution < -0.4 is 11.1 Å². The highest BCUT2D eigenvalue weighted by atomic mass is 16.7. The van der Waals surface area contributed by atoms with Crippen LogP contribution in [0.4, 0.5) is 0 Å². The van der Waals surface area contributed by atoms with Crippen LogP contribution >= 0.6 is 0 Å². The van der Waals surface area contributed by atoms with Crippen molar-refractivity contribution in [3.05, 3.63) is 0 Å². The first-order chi connectivity index (χ1) is 7.05. The summed E-state index contributed by atoms with van der Waals surface area (Å²) in [5.41, 5.74) is 5.93. The Morgan fingerprint density at radius 3 is 1.53 bits per heavy atom. The van der Waals surface area contributed by atoms with E-state index >= 15 is 0 Å². The number of nitrogens with two attached hydrogens (primary N) is 1. The lowest BCUT2D eigenvalue weighted by molar-refractivity contribution is -0.343. The van der Waals surface area contributed by atoms with Gasteiger partial charge >= 0.3 is 0 Å². The molecule has 6 nitrogen and oxygen atoms in total. The molecule has 1 saturated heterocycles. The van der Waals surface area contributed by atoms with Crippen molar-refractivity contribution < 1.29 is 18.9 Å². The van der Waals surface area contributed by atoms with Crippen molar-refractivity contribution >= 4 is 0 Å². The van der Waals surface area contributed by atoms with Gasteiger partial charge in [0.1, 0.15) is 0 Å². The molecule has 0 atom stereocenters. The van der Waals surface area contributed by atoms with E-state index in [2.05, 4.69) is 5.32 Å². The monoisotopic (exact) mass is 220 g/mol. The lowest BCUT2D eigenvalue weighted by Crippen LogP contribution is -2.68. The van der Waals surface area contributed by atoms with Crippen molar-refractivity contribution in [3.63, 3.8) is 0 Å². The molecule has 0 bridgehead atoms. The molecule has 0 amide bonds. The number of methoxy groups -OCH3 is 4. The quantitative estimate of drug-likeness (QED) is 0.627. The summed E-state index contributed by atoms with van der Waals surface area (Å²) in [7, 11) is 6.18. The van der Waals surface area contributed by atoms with Crippen LogP contribution in [-0.4, -0.2) is 46.3 Å². The van der Waals surface area contributed by atoms with Crippen LogP contribution in [0.3, 0.4) is 0 Å². The zero-order chi connectivity index (χ0) is 11.5. The Kier molecular flexibility index (Phi) is 4.05. The molecule has 6 heteroatoms. The first kappa shape index (κ1) is 12.8. The van der Waals surface area contributed by atoms with Crippen LogP contribution in [0.25, 0.3) is 0 Å². The Morgan fingerprint density at radius 1 is 0.933 bits per heavy atom. The number of hydrogen-bond acceptors (Lipinski definition) is 6. The molecule has 15 heavy (non-hydrogen) atoms. The van der Waals surface area contributed by atoms with Gasteiger partial charge in [0.15, 0.2) is 0 Å². The number of nitrogens with one attached hydrogen (secondary N) is 1. The summed E-state index contributed by atoms with van der Waals surface area (Å²) < 4.78 is 21.1. The molecule has 0 spiro atoms. The van der Waals surface area contributed by atoms with Crippen molar-refractivity contribution in [3.8, 4) is 0 Å². The molecule has 1 aliphatic rings. The first-order valence-electron chi connectivity index (χ1n) is 4.81. The second-order valence-electron chi connectivity index (χ2n) is 3.62. The fourth-order valence-corrected chi connectivity index (χ4v) is 1.86. The average molecular weight is 220 g/mol. The fourth-order valence-electron chi connectivity index (χ4n) is 1.86. The van der Waals surface area contributed by atoms with E-state index in [9.17, 15) is 0 Å². The van der Waals surface area contributed by atoms with Crippen molar-refractivity contribution in [2.75, 3.05) is 28.4 Å². The standard InChI is InChI=1S/C9H20N2O4/c1-12-8(13-2)5-7(10)6-9(11-8,14-3)15-4/h7,11H,5-6,10H2,1-4H3. The smallest absolute Gasteiger partial charge is 0.232 e. The lowest BCUT2D eigenvalue weighted by atomic mass is 10.0. The minimum Gasteiger partial charge on any atom is -0.341 e. The van der Waals surface area contributed by atoms with E-state index in [1.807, 2.05) is 0 Å². The van der Waals surface area contributed by atoms with Crippen LogP contribution in [0.15, 0.2) is 0 Å². The van der Waals surface area contributed by atoms with Gasteiger partial charge in [-0.1, -0.05) is 0 Å². The zero-order valence-electron chi connectivity index (χ0n) is 9.70. The predicted molar refractivity (Wildman–Crippen MR) is 53.8 cm³/mol. The van der Waals surface area contributed by atoms with E-state index in [0.717, 1.165) is 0 Å². The Hall–Kier alpha value is -0.240. The van der Waals surface area contributed by atoms with E-state index < -0.39 is 11.8 Å². The molecule has 0 radical (unpaired) electrons. The van der Waals surface area contributed by atoms with Crippen LogP contribution in [0, 0.1) is 0 Å². The SMILES string of the molecule is COC1(OC)CC(N)CC(OC)(OC)N1. The van der Waals surface area contributed by atoms with E-state index in [1.165, 1.54) is 0 Å². The molecule has 3 N–H and O–H groups in total. The summed E-state index contributed by atoms with van der Waals surface area (Å²) in [4.78, 5) is 0. The van der Waals surface area contributed by atoms with Crippen molar-refractivity contribution in [1.82, 2.24) is 5.32 Å². The summed E-state index contributed by atoms with van der Waals surface area (Å²) >= 11 is 0. The summed E-state index contributed by atoms with van der Waals surface area (Å²) in [5.74, 6) is -1.91. The van der Waals surface area contributed by atoms with Gasteiger partial charge in [0.2, 0.25) is 11.8 Å². The van der Waals surface area contributed by atoms with E-state index in [1.54, 1.807) is 28.4 Å². The number of piperidine rings is 1. The van der Waals surface area contributed by atoms with Gasteiger partial charge in [-0.2, -0.15) is 0 Å². The highest BCUT2D eigenvalue weighted by molar-refractivity contribution is 4.88. The summed E-state index contributed by atoms with van der Waals surface area (Å²) in [5, 5.41) is 3.04. The summed E-state index contributed by atoms with van der Waals surface area (Å²) in [6, 6.07) is -0.119. The van der Waals surface area contributed by atoms with E-state index in [0.29, 0.717) is 12.8 Å². The van der Waals surface area contributed by atoms with Gasteiger partial charge in [0.25, 0.3) is 0 Å². The van der Waals surface area contributed by atoms with Crippen LogP contribution in [0.2, 0.25) is 0 Å². The molecule has 0 aliphatic carbocycles. The Labute approximate surface area is 90.0 Å². The van der Waals surface area contributed by atoms with Gasteiger partial charge in [-0.3, -0.25) is 0 Å². The fraction of sp³-hybridized carbons (Fsp3) is 1.00. The maximum Gasteiger partial charge on any atom is 0.232 e. The van der Waals surface area contributed by atoms with Gasteiger partial charge in [-0.05, 0) is 0 Å². The Bertz CT molecular complexity index is 184. The van der Waals surface area contributed by atoms with Gasteiger partial charge in [-0.25, -0.2) is 5.32 Å². The minimum atomic E-state index is -0.955. The topological polar surface area (TPSA) is 75.0 Å². The average Bonchev–Trinajstić information content (AvgIpc) is 2.28. The minimum absolute atomic E-state index is 0.119. The largest absolute Gasteiger partial charge is 0.341 e. The van der Waals surface area contributed by atoms with Gasteiger partial charge in [-0.15, -0.1) is 0 Å². The first-order valence-corrected chi connectivity index (χ1v) is 4.81. The van der Waals surface area contributed by atoms with Crippen LogP contribution in [0.1, 0.15) is 12.8 Å². The third kappa shape index (κ3) is 2.47. The predicted octanol–water partition coefficient (Wildman–Crippen LogP) is -0.410. The van der Waals surface area contributed by atoms with Gasteiger partial charge < -0.3 is 24.7 Å². The molecule has 1 aliphatic heterocycles. The molecule has 1 fully saturated rings. The van der Waals surface area contributed by atoms with Crippen LogP contribution in [0.5, 0.6) is 0 Å². The molecular weight excluding hydrogens is 200 g/mol. The molecule has 90 valence electrons. The maximum absolute atomic E-state index is 5.93. The lowest BCUT2D eigenvalue weighted by Gasteiger charge is -2.47. The normalized spacial score (nSPS) is 25.4. The third-order valence-corrected chi connectivity index (χ3v) is 2.76. The highest BCUT2D eigenvalue weighted by Gasteiger charge is 2.48. The molecule has 0 saturated carbocycles. The molecule has 0 aromatic rings. The molecule has 0 unspecified atom stereocenters.